The molecule has 0 atom stereocenters. The Morgan fingerprint density at radius 2 is 1.64 bits per heavy atom. The summed E-state index contributed by atoms with van der Waals surface area (Å²) in [6, 6.07) is 23.0. The highest BCUT2D eigenvalue weighted by atomic mass is 127. The maximum atomic E-state index is 12.6. The van der Waals surface area contributed by atoms with Gasteiger partial charge in [0.25, 0.3) is 0 Å². The summed E-state index contributed by atoms with van der Waals surface area (Å²) in [5.74, 6) is 0.616. The summed E-state index contributed by atoms with van der Waals surface area (Å²) < 4.78 is 3.11. The zero-order chi connectivity index (χ0) is 23.2. The topological polar surface area (TPSA) is 71.8 Å². The monoisotopic (exact) mass is 609 g/mol. The predicted octanol–water partition coefficient (Wildman–Crippen LogP) is 6.52. The Morgan fingerprint density at radius 3 is 2.33 bits per heavy atom. The fourth-order valence-electron chi connectivity index (χ4n) is 3.02. The quantitative estimate of drug-likeness (QED) is 0.176. The van der Waals surface area contributed by atoms with Gasteiger partial charge in [-0.05, 0) is 71.1 Å². The Kier molecular flexibility index (Phi) is 8.13. The van der Waals surface area contributed by atoms with Crippen LogP contribution in [0.15, 0.2) is 78.0 Å². The molecule has 10 heteroatoms. The van der Waals surface area contributed by atoms with E-state index in [0.717, 1.165) is 17.2 Å². The second kappa shape index (κ2) is 11.2. The smallest absolute Gasteiger partial charge is 0.234 e. The molecule has 0 spiro atoms. The average molecular weight is 610 g/mol. The summed E-state index contributed by atoms with van der Waals surface area (Å²) in [7, 11) is 0. The summed E-state index contributed by atoms with van der Waals surface area (Å²) in [5.41, 5.74) is 2.31. The number of rotatable bonds is 8. The van der Waals surface area contributed by atoms with Crippen molar-refractivity contribution in [2.24, 2.45) is 0 Å². The number of carbonyl (C=O) groups excluding carboxylic acids is 1. The van der Waals surface area contributed by atoms with Gasteiger partial charge in [0, 0.05) is 14.9 Å². The number of thioether (sulfide) groups is 1. The summed E-state index contributed by atoms with van der Waals surface area (Å²) in [6.07, 6.45) is 0. The van der Waals surface area contributed by atoms with Gasteiger partial charge in [-0.1, -0.05) is 59.2 Å². The molecule has 2 N–H and O–H groups in total. The second-order valence-corrected chi connectivity index (χ2v) is 9.87. The molecule has 0 aliphatic rings. The van der Waals surface area contributed by atoms with E-state index >= 15 is 0 Å². The first-order chi connectivity index (χ1) is 16.0. The van der Waals surface area contributed by atoms with Crippen LogP contribution in [0.3, 0.4) is 0 Å². The molecule has 0 aliphatic heterocycles. The number of para-hydroxylation sites is 2. The maximum absolute atomic E-state index is 12.6. The van der Waals surface area contributed by atoms with Gasteiger partial charge in [-0.3, -0.25) is 9.36 Å². The Hall–Kier alpha value is -2.27. The highest BCUT2D eigenvalue weighted by Gasteiger charge is 2.17. The Morgan fingerprint density at radius 1 is 0.939 bits per heavy atom. The van der Waals surface area contributed by atoms with Crippen molar-refractivity contribution >= 4 is 74.8 Å². The predicted molar refractivity (Wildman–Crippen MR) is 144 cm³/mol. The number of anilines is 2. The molecule has 4 aromatic rings. The average Bonchev–Trinajstić information content (AvgIpc) is 3.23. The minimum absolute atomic E-state index is 0.122. The van der Waals surface area contributed by atoms with Gasteiger partial charge < -0.3 is 10.6 Å². The highest BCUT2D eigenvalue weighted by molar-refractivity contribution is 14.1. The van der Waals surface area contributed by atoms with E-state index in [1.54, 1.807) is 18.2 Å². The van der Waals surface area contributed by atoms with E-state index in [0.29, 0.717) is 27.4 Å². The first-order valence-corrected chi connectivity index (χ1v) is 12.7. The molecule has 0 saturated carbocycles. The molecule has 0 unspecified atom stereocenters. The molecule has 168 valence electrons. The number of benzene rings is 3. The first kappa shape index (κ1) is 23.9. The normalized spacial score (nSPS) is 10.8. The van der Waals surface area contributed by atoms with E-state index in [2.05, 4.69) is 43.4 Å². The number of halogens is 3. The number of hydrogen-bond donors (Lipinski definition) is 2. The molecule has 0 radical (unpaired) electrons. The maximum Gasteiger partial charge on any atom is 0.234 e. The number of nitrogens with zero attached hydrogens (tertiary/aromatic N) is 3. The minimum atomic E-state index is -0.240. The molecule has 1 heterocycles. The highest BCUT2D eigenvalue weighted by Crippen LogP contribution is 2.30. The molecule has 1 aromatic heterocycles. The Balaban J connectivity index is 1.50. The van der Waals surface area contributed by atoms with Crippen molar-refractivity contribution in [3.05, 3.63) is 92.2 Å². The zero-order valence-electron chi connectivity index (χ0n) is 17.1. The number of carbonyl (C=O) groups is 1. The number of amides is 1. The molecule has 1 amide bonds. The molecule has 0 saturated heterocycles. The van der Waals surface area contributed by atoms with Crippen LogP contribution in [-0.2, 0) is 11.3 Å². The van der Waals surface area contributed by atoms with Crippen molar-refractivity contribution in [1.82, 2.24) is 14.8 Å². The lowest BCUT2D eigenvalue weighted by molar-refractivity contribution is -0.113. The SMILES string of the molecule is O=C(CSc1nnc(CNc2ccc(I)cc2)n1-c1ccccc1)Nc1c(Cl)cccc1Cl. The van der Waals surface area contributed by atoms with E-state index < -0.39 is 0 Å². The lowest BCUT2D eigenvalue weighted by Gasteiger charge is -2.12. The molecule has 0 bridgehead atoms. The summed E-state index contributed by atoms with van der Waals surface area (Å²) >= 11 is 15.9. The van der Waals surface area contributed by atoms with E-state index in [1.165, 1.54) is 15.3 Å². The summed E-state index contributed by atoms with van der Waals surface area (Å²) in [5, 5.41) is 16.2. The largest absolute Gasteiger partial charge is 0.378 e. The third-order valence-electron chi connectivity index (χ3n) is 4.57. The van der Waals surface area contributed by atoms with Crippen molar-refractivity contribution in [3.63, 3.8) is 0 Å². The van der Waals surface area contributed by atoms with Gasteiger partial charge in [0.15, 0.2) is 11.0 Å². The number of nitrogens with one attached hydrogen (secondary N) is 2. The lowest BCUT2D eigenvalue weighted by atomic mass is 10.3. The van der Waals surface area contributed by atoms with Crippen LogP contribution in [0.4, 0.5) is 11.4 Å². The molecule has 33 heavy (non-hydrogen) atoms. The van der Waals surface area contributed by atoms with Crippen LogP contribution in [-0.4, -0.2) is 26.4 Å². The van der Waals surface area contributed by atoms with Crippen molar-refractivity contribution in [2.75, 3.05) is 16.4 Å². The fourth-order valence-corrected chi connectivity index (χ4v) is 4.64. The second-order valence-electron chi connectivity index (χ2n) is 6.86. The van der Waals surface area contributed by atoms with Gasteiger partial charge in [-0.25, -0.2) is 0 Å². The van der Waals surface area contributed by atoms with Crippen molar-refractivity contribution < 1.29 is 4.79 Å². The van der Waals surface area contributed by atoms with Gasteiger partial charge in [-0.2, -0.15) is 0 Å². The van der Waals surface area contributed by atoms with Gasteiger partial charge in [0.2, 0.25) is 5.91 Å². The Bertz CT molecular complexity index is 1230. The van der Waals surface area contributed by atoms with Crippen LogP contribution in [0.5, 0.6) is 0 Å². The molecule has 3 aromatic carbocycles. The van der Waals surface area contributed by atoms with Crippen LogP contribution in [0.1, 0.15) is 5.82 Å². The van der Waals surface area contributed by atoms with Crippen molar-refractivity contribution in [2.45, 2.75) is 11.7 Å². The van der Waals surface area contributed by atoms with Gasteiger partial charge in [0.05, 0.1) is 28.0 Å². The lowest BCUT2D eigenvalue weighted by Crippen LogP contribution is -2.15. The number of hydrogen-bond acceptors (Lipinski definition) is 5. The third kappa shape index (κ3) is 6.20. The summed E-state index contributed by atoms with van der Waals surface area (Å²) in [4.78, 5) is 12.6. The Labute approximate surface area is 219 Å². The van der Waals surface area contributed by atoms with E-state index in [1.807, 2.05) is 59.2 Å². The van der Waals surface area contributed by atoms with Crippen LogP contribution < -0.4 is 10.6 Å². The minimum Gasteiger partial charge on any atom is -0.378 e. The number of aromatic nitrogens is 3. The van der Waals surface area contributed by atoms with Gasteiger partial charge in [0.1, 0.15) is 0 Å². The molecule has 6 nitrogen and oxygen atoms in total. The first-order valence-electron chi connectivity index (χ1n) is 9.87. The van der Waals surface area contributed by atoms with Crippen LogP contribution in [0.25, 0.3) is 5.69 Å². The third-order valence-corrected chi connectivity index (χ3v) is 6.85. The summed E-state index contributed by atoms with van der Waals surface area (Å²) in [6.45, 7) is 0.477. The standard InChI is InChI=1S/C23H18Cl2IN5OS/c24-18-7-4-8-19(25)22(18)28-21(32)14-33-23-30-29-20(31(23)17-5-2-1-3-6-17)13-27-16-11-9-15(26)10-12-16/h1-12,27H,13-14H2,(H,28,32). The molecule has 0 fully saturated rings. The van der Waals surface area contributed by atoms with Gasteiger partial charge >= 0.3 is 0 Å². The van der Waals surface area contributed by atoms with Crippen LogP contribution in [0.2, 0.25) is 10.0 Å². The molecule has 4 rings (SSSR count). The van der Waals surface area contributed by atoms with E-state index in [4.69, 9.17) is 23.2 Å². The fraction of sp³-hybridized carbons (Fsp3) is 0.0870. The van der Waals surface area contributed by atoms with Crippen LogP contribution >= 0.6 is 57.6 Å². The molecular formula is C23H18Cl2IN5OS. The van der Waals surface area contributed by atoms with Gasteiger partial charge in [-0.15, -0.1) is 10.2 Å². The molecule has 0 aliphatic carbocycles. The van der Waals surface area contributed by atoms with E-state index in [-0.39, 0.29) is 11.7 Å². The van der Waals surface area contributed by atoms with Crippen LogP contribution in [0, 0.1) is 3.57 Å². The van der Waals surface area contributed by atoms with Crippen molar-refractivity contribution in [3.8, 4) is 5.69 Å². The van der Waals surface area contributed by atoms with Crippen molar-refractivity contribution in [1.29, 1.82) is 0 Å². The van der Waals surface area contributed by atoms with E-state index in [9.17, 15) is 4.79 Å². The zero-order valence-corrected chi connectivity index (χ0v) is 21.6. The molecular weight excluding hydrogens is 592 g/mol.